The Labute approximate surface area is 763 Å². The van der Waals surface area contributed by atoms with E-state index in [1.54, 1.807) is 140 Å². The highest BCUT2D eigenvalue weighted by atomic mass is 16.6. The van der Waals surface area contributed by atoms with Crippen molar-refractivity contribution in [1.82, 2.24) is 89.4 Å². The van der Waals surface area contributed by atoms with Gasteiger partial charge in [-0.3, -0.25) is 76.0 Å². The molecule has 0 radical (unpaired) electrons. The molecule has 5 atom stereocenters. The van der Waals surface area contributed by atoms with E-state index in [4.69, 9.17) is 9.47 Å². The molecule has 33 heteroatoms. The van der Waals surface area contributed by atoms with Crippen LogP contribution in [0.5, 0.6) is 0 Å². The molecular weight excluding hydrogens is 1710 g/mol. The Morgan fingerprint density at radius 1 is 0.396 bits per heavy atom. The molecule has 2 aliphatic heterocycles. The number of nitrogens with zero attached hydrogens (tertiary/aromatic N) is 12. The molecule has 18 rings (SSSR count). The number of rotatable bonds is 18. The average molecular weight is 1790 g/mol. The Bertz CT molecular complexity index is 7380. The average Bonchev–Trinajstić information content (AvgIpc) is 1.02. The molecule has 6 aromatic carbocycles. The van der Waals surface area contributed by atoms with Crippen LogP contribution in [0.2, 0.25) is 0 Å². The van der Waals surface area contributed by atoms with E-state index in [9.17, 15) is 62.3 Å². The molecule has 0 bridgehead atoms. The Kier molecular flexibility index (Phi) is 26.6. The predicted octanol–water partition coefficient (Wildman–Crippen LogP) is 9.25. The third kappa shape index (κ3) is 19.3. The summed E-state index contributed by atoms with van der Waals surface area (Å²) in [6, 6.07) is 52.7. The Morgan fingerprint density at radius 2 is 0.701 bits per heavy atom. The predicted molar refractivity (Wildman–Crippen MR) is 495 cm³/mol. The van der Waals surface area contributed by atoms with Crippen LogP contribution >= 0.6 is 0 Å². The first-order valence-electron chi connectivity index (χ1n) is 43.1. The molecule has 15 aromatic rings. The molecule has 670 valence electrons. The molecule has 9 aromatic heterocycles. The van der Waals surface area contributed by atoms with Crippen LogP contribution in [0.4, 0.5) is 0 Å². The lowest BCUT2D eigenvalue weighted by Crippen LogP contribution is -2.36. The smallest absolute Gasteiger partial charge is 0.306 e. The van der Waals surface area contributed by atoms with E-state index in [1.807, 2.05) is 148 Å². The van der Waals surface area contributed by atoms with Gasteiger partial charge in [0.05, 0.1) is 83.3 Å². The number of carbonyl (C=O) groups is 10. The molecule has 1 saturated carbocycles. The Hall–Kier alpha value is -17.4. The van der Waals surface area contributed by atoms with Gasteiger partial charge in [-0.2, -0.15) is 15.3 Å². The number of carbonyl (C=O) groups excluding carboxylic acids is 10. The van der Waals surface area contributed by atoms with Gasteiger partial charge in [0.15, 0.2) is 29.1 Å². The number of pyridine rings is 3. The summed E-state index contributed by atoms with van der Waals surface area (Å²) < 4.78 is 19.4. The largest absolute Gasteiger partial charge is 0.452 e. The van der Waals surface area contributed by atoms with Crippen molar-refractivity contribution in [2.24, 2.45) is 5.92 Å². The first kappa shape index (κ1) is 90.0. The number of aromatic nitrogens is 12. The number of fused-ring (bicyclic) bond motifs is 6. The molecule has 0 spiro atoms. The second kappa shape index (κ2) is 39.7. The van der Waals surface area contributed by atoms with E-state index in [-0.39, 0.29) is 97.7 Å². The summed E-state index contributed by atoms with van der Waals surface area (Å²) in [6.07, 6.45) is 9.50. The maximum atomic E-state index is 14.3. The summed E-state index contributed by atoms with van der Waals surface area (Å²) in [4.78, 5) is 179. The lowest BCUT2D eigenvalue weighted by molar-refractivity contribution is -0.148. The van der Waals surface area contributed by atoms with Crippen LogP contribution in [0.3, 0.4) is 0 Å². The third-order valence-electron chi connectivity index (χ3n) is 22.8. The quantitative estimate of drug-likeness (QED) is 0.0264. The standard InChI is InChI=1S/C35H30N6O5.2C33H28N6O5/c1-21(38-34(45)30-22(2)39-40-16-8-15-36-32(30)40)29-19-24-10-6-9-23(31(24)35(46)41(29)26-12-4-3-5-13-26)11-7-14-37-33(44)25-17-27(42)20-28(43)18-25;2*1-20(36-32(42)28-21(2)37-38-18-8-17-34-30(28)38)25-19-23-10-6-9-22(11-7-16-35-31(41)26-14-15-27(40)44-26)29(23)33(43)39(25)24-12-4-3-5-13-24/h3-6,8-10,12-13,15-16,19,21,25H,14,17-18,20H2,1-2H3,(H,37,44)(H,38,45);2*3-6,8-10,12-13,17-20,26H,14-16H2,1-2H3,(H,35,41)(H,36,42)/t21-;20-,26+;20-,26-/m000/s1. The summed E-state index contributed by atoms with van der Waals surface area (Å²) in [5.74, 6) is 13.5. The molecule has 2 saturated heterocycles. The monoisotopic (exact) mass is 1790 g/mol. The zero-order chi connectivity index (χ0) is 94.0. The fourth-order valence-corrected chi connectivity index (χ4v) is 16.5. The number of para-hydroxylation sites is 3. The number of hydrogen-bond acceptors (Lipinski definition) is 21. The summed E-state index contributed by atoms with van der Waals surface area (Å²) in [5.41, 5.74) is 8.14. The summed E-state index contributed by atoms with van der Waals surface area (Å²) in [7, 11) is 0. The zero-order valence-corrected chi connectivity index (χ0v) is 73.3. The second-order valence-corrected chi connectivity index (χ2v) is 32.0. The number of ether oxygens (including phenoxy) is 2. The highest BCUT2D eigenvalue weighted by molar-refractivity contribution is 6.06. The minimum absolute atomic E-state index is 0.0139. The molecule has 6 amide bonds. The van der Waals surface area contributed by atoms with Crippen LogP contribution in [-0.2, 0) is 43.0 Å². The van der Waals surface area contributed by atoms with E-state index in [2.05, 4.69) is 97.7 Å². The van der Waals surface area contributed by atoms with Gasteiger partial charge in [0.2, 0.25) is 5.91 Å². The molecule has 33 nitrogen and oxygen atoms in total. The van der Waals surface area contributed by atoms with E-state index in [0.717, 1.165) is 0 Å². The van der Waals surface area contributed by atoms with Crippen LogP contribution < -0.4 is 48.6 Å². The van der Waals surface area contributed by atoms with Crippen molar-refractivity contribution in [1.29, 1.82) is 0 Å². The fourth-order valence-electron chi connectivity index (χ4n) is 16.5. The van der Waals surface area contributed by atoms with Crippen LogP contribution in [0.25, 0.3) is 66.3 Å². The molecular formula is C101H86N18O15. The van der Waals surface area contributed by atoms with Crippen LogP contribution in [0.15, 0.2) is 234 Å². The Morgan fingerprint density at radius 3 is 1.00 bits per heavy atom. The lowest BCUT2D eigenvalue weighted by atomic mass is 9.87. The molecule has 0 unspecified atom stereocenters. The number of amides is 6. The van der Waals surface area contributed by atoms with Gasteiger partial charge in [0.25, 0.3) is 46.2 Å². The summed E-state index contributed by atoms with van der Waals surface area (Å²) in [5, 5.41) is 33.4. The van der Waals surface area contributed by atoms with Gasteiger partial charge in [0, 0.05) is 127 Å². The second-order valence-electron chi connectivity index (χ2n) is 32.0. The number of aryl methyl sites for hydroxylation is 3. The molecule has 6 N–H and O–H groups in total. The van der Waals surface area contributed by atoms with Crippen molar-refractivity contribution in [3.63, 3.8) is 0 Å². The van der Waals surface area contributed by atoms with Crippen molar-refractivity contribution < 1.29 is 57.4 Å². The molecule has 3 aliphatic rings. The van der Waals surface area contributed by atoms with Crippen LogP contribution in [0, 0.1) is 62.2 Å². The highest BCUT2D eigenvalue weighted by Gasteiger charge is 2.34. The van der Waals surface area contributed by atoms with Gasteiger partial charge < -0.3 is 41.4 Å². The topological polar surface area (TPSA) is 418 Å². The third-order valence-corrected chi connectivity index (χ3v) is 22.8. The normalized spacial score (nSPS) is 14.7. The number of ketones is 2. The van der Waals surface area contributed by atoms with E-state index in [1.165, 1.54) is 0 Å². The van der Waals surface area contributed by atoms with Gasteiger partial charge in [-0.05, 0) is 149 Å². The maximum absolute atomic E-state index is 14.3. The molecule has 1 aliphatic carbocycles. The lowest BCUT2D eigenvalue weighted by Gasteiger charge is -2.21. The van der Waals surface area contributed by atoms with E-state index < -0.39 is 65.9 Å². The summed E-state index contributed by atoms with van der Waals surface area (Å²) in [6.45, 7) is 10.7. The Balaban J connectivity index is 0.000000146. The SMILES string of the molecule is Cc1nn2cccnc2c1C(=O)N[C@@H](C)c1cc2cccc(C#CCNC(=O)C3CC(=O)CC(=O)C3)c2c(=O)n1-c1ccccc1.Cc1nn2cccnc2c1C(=O)N[C@@H](C)c1cc2cccc(C#CCNC(=O)[C@@H]3CCC(=O)O3)c2c(=O)n1-c1ccccc1.Cc1nn2cccnc2c1C(=O)N[C@@H](C)c1cc2cccc(C#CCNC(=O)[C@H]3CCC(=O)O3)c2c(=O)n1-c1ccccc1. The minimum Gasteiger partial charge on any atom is -0.452 e. The number of nitrogens with one attached hydrogen (secondary N) is 6. The number of cyclic esters (lactones) is 2. The molecule has 11 heterocycles. The van der Waals surface area contributed by atoms with E-state index >= 15 is 0 Å². The highest BCUT2D eigenvalue weighted by Crippen LogP contribution is 2.30. The first-order valence-corrected chi connectivity index (χ1v) is 43.1. The maximum Gasteiger partial charge on any atom is 0.306 e. The van der Waals surface area contributed by atoms with Crippen molar-refractivity contribution in [2.75, 3.05) is 19.6 Å². The molecule has 134 heavy (non-hydrogen) atoms. The van der Waals surface area contributed by atoms with E-state index in [0.29, 0.717) is 147 Å². The van der Waals surface area contributed by atoms with Crippen molar-refractivity contribution in [3.05, 3.63) is 318 Å². The zero-order valence-electron chi connectivity index (χ0n) is 73.3. The number of Topliss-reactive ketones (excluding diaryl/α,β-unsaturated/α-hetero) is 2. The minimum atomic E-state index is -0.797. The van der Waals surface area contributed by atoms with Crippen molar-refractivity contribution in [2.45, 2.75) is 117 Å². The molecule has 3 fully saturated rings. The number of hydrogen-bond donors (Lipinski definition) is 6. The first-order chi connectivity index (χ1) is 64.8. The van der Waals surface area contributed by atoms with Crippen molar-refractivity contribution in [3.8, 4) is 52.6 Å². The van der Waals surface area contributed by atoms with Gasteiger partial charge in [-0.15, -0.1) is 0 Å². The summed E-state index contributed by atoms with van der Waals surface area (Å²) >= 11 is 0. The van der Waals surface area contributed by atoms with Gasteiger partial charge in [0.1, 0.15) is 28.3 Å². The van der Waals surface area contributed by atoms with Gasteiger partial charge in [-0.1, -0.05) is 127 Å². The van der Waals surface area contributed by atoms with Crippen molar-refractivity contribution >= 4 is 108 Å². The van der Waals surface area contributed by atoms with Crippen LogP contribution in [0.1, 0.15) is 166 Å². The number of benzene rings is 6. The number of esters is 2. The fraction of sp³-hybridized carbons (Fsp3) is 0.218. The van der Waals surface area contributed by atoms with Crippen LogP contribution in [-0.4, -0.2) is 148 Å². The van der Waals surface area contributed by atoms with Gasteiger partial charge >= 0.3 is 11.9 Å². The van der Waals surface area contributed by atoms with Gasteiger partial charge in [-0.25, -0.2) is 28.5 Å².